The van der Waals surface area contributed by atoms with Gasteiger partial charge in [-0.1, -0.05) is 45.0 Å². The molecule has 0 heterocycles. The Morgan fingerprint density at radius 3 is 2.14 bits per heavy atom. The van der Waals surface area contributed by atoms with Crippen LogP contribution in [0.1, 0.15) is 50.7 Å². The van der Waals surface area contributed by atoms with E-state index < -0.39 is 5.97 Å². The van der Waals surface area contributed by atoms with Crippen molar-refractivity contribution in [3.63, 3.8) is 0 Å². The van der Waals surface area contributed by atoms with Crippen LogP contribution in [0.3, 0.4) is 0 Å². The molecule has 1 N–H and O–H groups in total. The first kappa shape index (κ1) is 17.2. The minimum absolute atomic E-state index is 0.0170. The van der Waals surface area contributed by atoms with E-state index in [0.29, 0.717) is 12.5 Å². The van der Waals surface area contributed by atoms with Crippen molar-refractivity contribution in [1.82, 2.24) is 4.90 Å². The lowest BCUT2D eigenvalue weighted by atomic mass is 10.0. The summed E-state index contributed by atoms with van der Waals surface area (Å²) in [6.07, 6.45) is 0.301. The average Bonchev–Trinajstić information content (AvgIpc) is 2.38. The van der Waals surface area contributed by atoms with Gasteiger partial charge in [0.15, 0.2) is 0 Å². The van der Waals surface area contributed by atoms with Gasteiger partial charge in [-0.3, -0.25) is 9.59 Å². The summed E-state index contributed by atoms with van der Waals surface area (Å²) in [5.41, 5.74) is 2.36. The Morgan fingerprint density at radius 2 is 1.67 bits per heavy atom. The Bertz CT molecular complexity index is 479. The maximum absolute atomic E-state index is 12.0. The molecule has 1 amide bonds. The number of hydrogen-bond donors (Lipinski definition) is 1. The number of aliphatic carboxylic acids is 1. The van der Waals surface area contributed by atoms with Gasteiger partial charge in [0.1, 0.15) is 0 Å². The van der Waals surface area contributed by atoms with Crippen LogP contribution in [0.25, 0.3) is 0 Å². The van der Waals surface area contributed by atoms with Gasteiger partial charge in [-0.2, -0.15) is 0 Å². The summed E-state index contributed by atoms with van der Waals surface area (Å²) in [5, 5.41) is 8.72. The summed E-state index contributed by atoms with van der Waals surface area (Å²) >= 11 is 0. The Hall–Kier alpha value is -1.84. The predicted molar refractivity (Wildman–Crippen MR) is 83.0 cm³/mol. The molecule has 4 nitrogen and oxygen atoms in total. The van der Waals surface area contributed by atoms with Gasteiger partial charge in [0.25, 0.3) is 0 Å². The number of carbonyl (C=O) groups excluding carboxylic acids is 1. The molecule has 0 aliphatic carbocycles. The van der Waals surface area contributed by atoms with Crippen molar-refractivity contribution in [1.29, 1.82) is 0 Å². The standard InChI is InChI=1S/C17H25NO3/c1-12(2)15-7-5-14(6-8-15)11-18(4)16(19)9-13(3)10-17(20)21/h5-8,12-13H,9-11H2,1-4H3,(H,20,21). The van der Waals surface area contributed by atoms with Crippen LogP contribution >= 0.6 is 0 Å². The molecule has 116 valence electrons. The second-order valence-corrected chi connectivity index (χ2v) is 6.05. The van der Waals surface area contributed by atoms with Gasteiger partial charge < -0.3 is 10.0 Å². The number of hydrogen-bond acceptors (Lipinski definition) is 2. The molecule has 0 saturated heterocycles. The molecular weight excluding hydrogens is 266 g/mol. The molecular formula is C17H25NO3. The van der Waals surface area contributed by atoms with Gasteiger partial charge in [0, 0.05) is 26.4 Å². The second-order valence-electron chi connectivity index (χ2n) is 6.05. The quantitative estimate of drug-likeness (QED) is 0.838. The lowest BCUT2D eigenvalue weighted by molar-refractivity contribution is -0.138. The fourth-order valence-corrected chi connectivity index (χ4v) is 2.19. The van der Waals surface area contributed by atoms with Crippen LogP contribution in [0.2, 0.25) is 0 Å². The molecule has 0 fully saturated rings. The number of nitrogens with zero attached hydrogens (tertiary/aromatic N) is 1. The molecule has 0 saturated carbocycles. The SMILES string of the molecule is CC(CC(=O)O)CC(=O)N(C)Cc1ccc(C(C)C)cc1. The summed E-state index contributed by atoms with van der Waals surface area (Å²) < 4.78 is 0. The first-order chi connectivity index (χ1) is 9.79. The zero-order valence-electron chi connectivity index (χ0n) is 13.3. The third-order valence-corrected chi connectivity index (χ3v) is 3.54. The molecule has 0 bridgehead atoms. The van der Waals surface area contributed by atoms with E-state index in [0.717, 1.165) is 5.56 Å². The van der Waals surface area contributed by atoms with E-state index in [1.165, 1.54) is 5.56 Å². The van der Waals surface area contributed by atoms with Crippen molar-refractivity contribution in [2.45, 2.75) is 46.1 Å². The number of rotatable bonds is 7. The zero-order valence-corrected chi connectivity index (χ0v) is 13.3. The minimum Gasteiger partial charge on any atom is -0.481 e. The highest BCUT2D eigenvalue weighted by atomic mass is 16.4. The Kier molecular flexibility index (Phi) is 6.40. The summed E-state index contributed by atoms with van der Waals surface area (Å²) in [7, 11) is 1.76. The van der Waals surface area contributed by atoms with Crippen LogP contribution in [0.4, 0.5) is 0 Å². The van der Waals surface area contributed by atoms with Crippen LogP contribution in [0.5, 0.6) is 0 Å². The number of benzene rings is 1. The van der Waals surface area contributed by atoms with E-state index in [9.17, 15) is 9.59 Å². The van der Waals surface area contributed by atoms with Gasteiger partial charge >= 0.3 is 5.97 Å². The Labute approximate surface area is 126 Å². The highest BCUT2D eigenvalue weighted by Crippen LogP contribution is 2.16. The van der Waals surface area contributed by atoms with Crippen molar-refractivity contribution >= 4 is 11.9 Å². The first-order valence-corrected chi connectivity index (χ1v) is 7.34. The molecule has 0 aliphatic heterocycles. The van der Waals surface area contributed by atoms with Gasteiger partial charge in [-0.25, -0.2) is 0 Å². The highest BCUT2D eigenvalue weighted by molar-refractivity contribution is 5.77. The largest absolute Gasteiger partial charge is 0.481 e. The third kappa shape index (κ3) is 5.98. The first-order valence-electron chi connectivity index (χ1n) is 7.34. The molecule has 1 atom stereocenters. The molecule has 0 spiro atoms. The normalized spacial score (nSPS) is 12.2. The molecule has 0 aromatic heterocycles. The summed E-state index contributed by atoms with van der Waals surface area (Å²) in [5.74, 6) is -0.519. The molecule has 1 unspecified atom stereocenters. The second kappa shape index (κ2) is 7.81. The van der Waals surface area contributed by atoms with Crippen LogP contribution in [0, 0.1) is 5.92 Å². The predicted octanol–water partition coefficient (Wildman–Crippen LogP) is 3.27. The zero-order chi connectivity index (χ0) is 16.0. The van der Waals surface area contributed by atoms with Gasteiger partial charge in [-0.15, -0.1) is 0 Å². The highest BCUT2D eigenvalue weighted by Gasteiger charge is 2.16. The molecule has 1 aromatic rings. The molecule has 21 heavy (non-hydrogen) atoms. The van der Waals surface area contributed by atoms with Crippen molar-refractivity contribution in [3.8, 4) is 0 Å². The van der Waals surface area contributed by atoms with Crippen LogP contribution in [-0.4, -0.2) is 28.9 Å². The maximum Gasteiger partial charge on any atom is 0.303 e. The lowest BCUT2D eigenvalue weighted by Gasteiger charge is -2.19. The summed E-state index contributed by atoms with van der Waals surface area (Å²) in [4.78, 5) is 24.3. The fourth-order valence-electron chi connectivity index (χ4n) is 2.19. The van der Waals surface area contributed by atoms with Crippen molar-refractivity contribution in [2.75, 3.05) is 7.05 Å². The lowest BCUT2D eigenvalue weighted by Crippen LogP contribution is -2.28. The molecule has 0 aliphatic rings. The molecule has 4 heteroatoms. The van der Waals surface area contributed by atoms with E-state index >= 15 is 0 Å². The van der Waals surface area contributed by atoms with Gasteiger partial charge in [0.2, 0.25) is 5.91 Å². The van der Waals surface area contributed by atoms with Crippen molar-refractivity contribution < 1.29 is 14.7 Å². The number of carboxylic acids is 1. The number of carboxylic acid groups (broad SMARTS) is 1. The minimum atomic E-state index is -0.859. The molecule has 1 rings (SSSR count). The topological polar surface area (TPSA) is 57.6 Å². The summed E-state index contributed by atoms with van der Waals surface area (Å²) in [6.45, 7) is 6.64. The number of amides is 1. The monoisotopic (exact) mass is 291 g/mol. The van der Waals surface area contributed by atoms with E-state index in [4.69, 9.17) is 5.11 Å². The molecule has 0 radical (unpaired) electrons. The maximum atomic E-state index is 12.0. The Morgan fingerprint density at radius 1 is 1.10 bits per heavy atom. The Balaban J connectivity index is 2.53. The average molecular weight is 291 g/mol. The third-order valence-electron chi connectivity index (χ3n) is 3.54. The fraction of sp³-hybridized carbons (Fsp3) is 0.529. The van der Waals surface area contributed by atoms with Crippen molar-refractivity contribution in [3.05, 3.63) is 35.4 Å². The van der Waals surface area contributed by atoms with Gasteiger partial charge in [0.05, 0.1) is 0 Å². The van der Waals surface area contributed by atoms with E-state index in [1.807, 2.05) is 12.1 Å². The van der Waals surface area contributed by atoms with E-state index in [2.05, 4.69) is 26.0 Å². The smallest absolute Gasteiger partial charge is 0.303 e. The van der Waals surface area contributed by atoms with E-state index in [1.54, 1.807) is 18.9 Å². The summed E-state index contributed by atoms with van der Waals surface area (Å²) in [6, 6.07) is 8.26. The van der Waals surface area contributed by atoms with Gasteiger partial charge in [-0.05, 0) is 23.0 Å². The van der Waals surface area contributed by atoms with Crippen LogP contribution in [-0.2, 0) is 16.1 Å². The van der Waals surface area contributed by atoms with Crippen LogP contribution in [0.15, 0.2) is 24.3 Å². The van der Waals surface area contributed by atoms with Crippen molar-refractivity contribution in [2.24, 2.45) is 5.92 Å². The van der Waals surface area contributed by atoms with E-state index in [-0.39, 0.29) is 24.7 Å². The van der Waals surface area contributed by atoms with Crippen LogP contribution < -0.4 is 0 Å². The molecule has 1 aromatic carbocycles. The number of carbonyl (C=O) groups is 2.